The highest BCUT2D eigenvalue weighted by Crippen LogP contribution is 2.25. The lowest BCUT2D eigenvalue weighted by atomic mass is 9.99. The zero-order chi connectivity index (χ0) is 12.9. The smallest absolute Gasteiger partial charge is 0.331 e. The predicted octanol–water partition coefficient (Wildman–Crippen LogP) is 2.24. The molecule has 0 fully saturated rings. The van der Waals surface area contributed by atoms with Crippen molar-refractivity contribution in [2.75, 3.05) is 13.1 Å². The summed E-state index contributed by atoms with van der Waals surface area (Å²) in [7, 11) is 0. The van der Waals surface area contributed by atoms with E-state index in [9.17, 15) is 9.90 Å². The molecule has 1 unspecified atom stereocenters. The maximum absolute atomic E-state index is 11.3. The number of carboxylic acid groups (broad SMARTS) is 1. The maximum Gasteiger partial charge on any atom is 0.331 e. The van der Waals surface area contributed by atoms with Gasteiger partial charge in [-0.05, 0) is 40.5 Å². The largest absolute Gasteiger partial charge is 0.480 e. The lowest BCUT2D eigenvalue weighted by Gasteiger charge is -2.23. The molecule has 0 spiro atoms. The number of nitrogens with one attached hydrogen (secondary N) is 1. The van der Waals surface area contributed by atoms with Crippen molar-refractivity contribution in [3.8, 4) is 0 Å². The first-order chi connectivity index (χ1) is 8.00. The highest BCUT2D eigenvalue weighted by molar-refractivity contribution is 9.10. The quantitative estimate of drug-likeness (QED) is 0.363. The van der Waals surface area contributed by atoms with Gasteiger partial charge in [-0.3, -0.25) is 5.32 Å². The zero-order valence-electron chi connectivity index (χ0n) is 9.05. The Labute approximate surface area is 106 Å². The number of carbonyl (C=O) groups is 1. The molecule has 1 aromatic heterocycles. The average molecular weight is 303 g/mol. The van der Waals surface area contributed by atoms with E-state index in [0.29, 0.717) is 4.67 Å². The first-order valence-electron chi connectivity index (χ1n) is 4.76. The SMILES string of the molecule is CC(NCCN=[N+]=[N-])(C(=O)O)c1ccc(Br)o1. The number of halogens is 1. The van der Waals surface area contributed by atoms with Crippen molar-refractivity contribution in [3.05, 3.63) is 33.0 Å². The summed E-state index contributed by atoms with van der Waals surface area (Å²) in [6, 6.07) is 3.18. The molecule has 92 valence electrons. The van der Waals surface area contributed by atoms with Crippen LogP contribution in [-0.2, 0) is 10.3 Å². The van der Waals surface area contributed by atoms with E-state index in [1.807, 2.05) is 0 Å². The van der Waals surface area contributed by atoms with Crippen molar-refractivity contribution >= 4 is 21.9 Å². The highest BCUT2D eigenvalue weighted by Gasteiger charge is 2.37. The molecule has 1 rings (SSSR count). The van der Waals surface area contributed by atoms with Gasteiger partial charge >= 0.3 is 5.97 Å². The first kappa shape index (κ1) is 13.6. The second-order valence-electron chi connectivity index (χ2n) is 3.42. The van der Waals surface area contributed by atoms with E-state index in [1.54, 1.807) is 12.1 Å². The molecule has 17 heavy (non-hydrogen) atoms. The van der Waals surface area contributed by atoms with Gasteiger partial charge < -0.3 is 9.52 Å². The number of rotatable bonds is 6. The molecule has 1 atom stereocenters. The lowest BCUT2D eigenvalue weighted by molar-refractivity contribution is -0.145. The summed E-state index contributed by atoms with van der Waals surface area (Å²) < 4.78 is 5.69. The van der Waals surface area contributed by atoms with Crippen molar-refractivity contribution in [1.29, 1.82) is 0 Å². The summed E-state index contributed by atoms with van der Waals surface area (Å²) in [4.78, 5) is 13.8. The van der Waals surface area contributed by atoms with E-state index in [2.05, 4.69) is 31.3 Å². The topological polar surface area (TPSA) is 111 Å². The molecule has 0 radical (unpaired) electrons. The van der Waals surface area contributed by atoms with E-state index >= 15 is 0 Å². The summed E-state index contributed by atoms with van der Waals surface area (Å²) in [6.07, 6.45) is 0. The number of hydrogen-bond donors (Lipinski definition) is 2. The molecular formula is C9H11BrN4O3. The highest BCUT2D eigenvalue weighted by atomic mass is 79.9. The van der Waals surface area contributed by atoms with Crippen molar-refractivity contribution in [2.24, 2.45) is 5.11 Å². The fourth-order valence-corrected chi connectivity index (χ4v) is 1.56. The fraction of sp³-hybridized carbons (Fsp3) is 0.444. The van der Waals surface area contributed by atoms with Gasteiger partial charge in [0.15, 0.2) is 10.2 Å². The van der Waals surface area contributed by atoms with Crippen LogP contribution < -0.4 is 5.32 Å². The number of aliphatic carboxylic acids is 1. The van der Waals surface area contributed by atoms with E-state index < -0.39 is 11.5 Å². The number of azide groups is 1. The van der Waals surface area contributed by atoms with E-state index in [-0.39, 0.29) is 18.8 Å². The van der Waals surface area contributed by atoms with Gasteiger partial charge in [-0.15, -0.1) is 0 Å². The lowest BCUT2D eigenvalue weighted by Crippen LogP contribution is -2.47. The Kier molecular flexibility index (Phi) is 4.56. The Hall–Kier alpha value is -1.50. The van der Waals surface area contributed by atoms with Gasteiger partial charge in [0, 0.05) is 18.0 Å². The first-order valence-corrected chi connectivity index (χ1v) is 5.55. The minimum absolute atomic E-state index is 0.168. The molecule has 2 N–H and O–H groups in total. The summed E-state index contributed by atoms with van der Waals surface area (Å²) in [6.45, 7) is 1.89. The summed E-state index contributed by atoms with van der Waals surface area (Å²) >= 11 is 3.11. The van der Waals surface area contributed by atoms with Crippen LogP contribution in [0.3, 0.4) is 0 Å². The summed E-state index contributed by atoms with van der Waals surface area (Å²) in [5.74, 6) is -0.793. The zero-order valence-corrected chi connectivity index (χ0v) is 10.6. The number of carboxylic acids is 1. The van der Waals surface area contributed by atoms with Crippen LogP contribution in [-0.4, -0.2) is 24.2 Å². The molecule has 0 saturated heterocycles. The molecule has 0 aliphatic rings. The van der Waals surface area contributed by atoms with E-state index in [4.69, 9.17) is 9.95 Å². The minimum Gasteiger partial charge on any atom is -0.480 e. The molecule has 1 heterocycles. The van der Waals surface area contributed by atoms with Crippen LogP contribution >= 0.6 is 15.9 Å². The van der Waals surface area contributed by atoms with E-state index in [0.717, 1.165) is 0 Å². The van der Waals surface area contributed by atoms with Crippen LogP contribution in [0.5, 0.6) is 0 Å². The third-order valence-corrected chi connectivity index (χ3v) is 2.67. The van der Waals surface area contributed by atoms with Gasteiger partial charge in [-0.2, -0.15) is 0 Å². The Bertz CT molecular complexity index is 455. The van der Waals surface area contributed by atoms with Crippen molar-refractivity contribution < 1.29 is 14.3 Å². The van der Waals surface area contributed by atoms with Gasteiger partial charge in [0.1, 0.15) is 5.76 Å². The molecule has 7 nitrogen and oxygen atoms in total. The Morgan fingerprint density at radius 2 is 2.47 bits per heavy atom. The Morgan fingerprint density at radius 1 is 1.76 bits per heavy atom. The Morgan fingerprint density at radius 3 is 2.94 bits per heavy atom. The Balaban J connectivity index is 2.82. The van der Waals surface area contributed by atoms with Crippen LogP contribution in [0, 0.1) is 0 Å². The molecular weight excluding hydrogens is 292 g/mol. The molecule has 0 aliphatic heterocycles. The molecule has 8 heteroatoms. The number of hydrogen-bond acceptors (Lipinski definition) is 4. The third-order valence-electron chi connectivity index (χ3n) is 2.25. The van der Waals surface area contributed by atoms with Crippen molar-refractivity contribution in [1.82, 2.24) is 5.32 Å². The van der Waals surface area contributed by atoms with Crippen LogP contribution in [0.25, 0.3) is 10.4 Å². The second kappa shape index (κ2) is 5.72. The van der Waals surface area contributed by atoms with Gasteiger partial charge in [0.05, 0.1) is 0 Å². The van der Waals surface area contributed by atoms with Gasteiger partial charge in [-0.1, -0.05) is 5.11 Å². The number of furan rings is 1. The predicted molar refractivity (Wildman–Crippen MR) is 63.4 cm³/mol. The van der Waals surface area contributed by atoms with E-state index in [1.165, 1.54) is 6.92 Å². The molecule has 0 amide bonds. The van der Waals surface area contributed by atoms with Gasteiger partial charge in [-0.25, -0.2) is 4.79 Å². The molecule has 1 aromatic rings. The average Bonchev–Trinajstić information content (AvgIpc) is 2.71. The normalized spacial score (nSPS) is 13.8. The van der Waals surface area contributed by atoms with Crippen LogP contribution in [0.1, 0.15) is 12.7 Å². The fourth-order valence-electron chi connectivity index (χ4n) is 1.25. The van der Waals surface area contributed by atoms with Crippen LogP contribution in [0.15, 0.2) is 26.3 Å². The van der Waals surface area contributed by atoms with Gasteiger partial charge in [0.2, 0.25) is 0 Å². The molecule has 0 aromatic carbocycles. The van der Waals surface area contributed by atoms with Crippen molar-refractivity contribution in [2.45, 2.75) is 12.5 Å². The number of nitrogens with zero attached hydrogens (tertiary/aromatic N) is 3. The van der Waals surface area contributed by atoms with Gasteiger partial charge in [0.25, 0.3) is 0 Å². The van der Waals surface area contributed by atoms with Crippen molar-refractivity contribution in [3.63, 3.8) is 0 Å². The molecule has 0 saturated carbocycles. The third kappa shape index (κ3) is 3.23. The standard InChI is InChI=1S/C9H11BrN4O3/c1-9(8(15)16,12-4-5-13-14-11)6-2-3-7(10)17-6/h2-3,12H,4-5H2,1H3,(H,15,16). The minimum atomic E-state index is -1.35. The second-order valence-corrected chi connectivity index (χ2v) is 4.20. The van der Waals surface area contributed by atoms with Crippen LogP contribution in [0.4, 0.5) is 0 Å². The summed E-state index contributed by atoms with van der Waals surface area (Å²) in [5, 5.41) is 15.3. The monoisotopic (exact) mass is 302 g/mol. The van der Waals surface area contributed by atoms with Crippen LogP contribution in [0.2, 0.25) is 0 Å². The molecule has 0 bridgehead atoms. The summed E-state index contributed by atoms with van der Waals surface area (Å²) in [5.41, 5.74) is 6.76. The molecule has 0 aliphatic carbocycles. The maximum atomic E-state index is 11.3.